The van der Waals surface area contributed by atoms with Gasteiger partial charge >= 0.3 is 0 Å². The van der Waals surface area contributed by atoms with E-state index in [9.17, 15) is 4.79 Å². The second-order valence-corrected chi connectivity index (χ2v) is 5.47. The first kappa shape index (κ1) is 15.1. The number of carbonyl (C=O) groups excluding carboxylic acids is 1. The van der Waals surface area contributed by atoms with Crippen LogP contribution in [-0.2, 0) is 4.79 Å². The van der Waals surface area contributed by atoms with Crippen molar-refractivity contribution < 1.29 is 9.53 Å². The maximum atomic E-state index is 11.6. The SMILES string of the molecule is COc1cc(N)cc(NCCC(=O)NC(C)(C)C)c1. The van der Waals surface area contributed by atoms with Crippen LogP contribution in [0.3, 0.4) is 0 Å². The lowest BCUT2D eigenvalue weighted by Crippen LogP contribution is -2.41. The van der Waals surface area contributed by atoms with Gasteiger partial charge in [0.15, 0.2) is 0 Å². The summed E-state index contributed by atoms with van der Waals surface area (Å²) >= 11 is 0. The monoisotopic (exact) mass is 265 g/mol. The molecule has 5 nitrogen and oxygen atoms in total. The van der Waals surface area contributed by atoms with Gasteiger partial charge in [0.05, 0.1) is 7.11 Å². The van der Waals surface area contributed by atoms with Crippen molar-refractivity contribution in [2.45, 2.75) is 32.7 Å². The highest BCUT2D eigenvalue weighted by Crippen LogP contribution is 2.21. The van der Waals surface area contributed by atoms with E-state index in [-0.39, 0.29) is 11.4 Å². The minimum absolute atomic E-state index is 0.0240. The van der Waals surface area contributed by atoms with Gasteiger partial charge < -0.3 is 21.1 Å². The number of hydrogen-bond acceptors (Lipinski definition) is 4. The molecular weight excluding hydrogens is 242 g/mol. The molecule has 0 fully saturated rings. The van der Waals surface area contributed by atoms with Crippen LogP contribution in [0.15, 0.2) is 18.2 Å². The Morgan fingerprint density at radius 1 is 1.32 bits per heavy atom. The largest absolute Gasteiger partial charge is 0.497 e. The van der Waals surface area contributed by atoms with E-state index in [4.69, 9.17) is 10.5 Å². The first-order valence-electron chi connectivity index (χ1n) is 6.29. The number of nitrogens with two attached hydrogens (primary N) is 1. The number of rotatable bonds is 5. The first-order chi connectivity index (χ1) is 8.80. The van der Waals surface area contributed by atoms with Crippen LogP contribution in [-0.4, -0.2) is 25.1 Å². The lowest BCUT2D eigenvalue weighted by Gasteiger charge is -2.20. The number of carbonyl (C=O) groups is 1. The molecule has 0 heterocycles. The fraction of sp³-hybridized carbons (Fsp3) is 0.500. The van der Waals surface area contributed by atoms with E-state index in [1.807, 2.05) is 32.9 Å². The second kappa shape index (κ2) is 6.31. The van der Waals surface area contributed by atoms with Gasteiger partial charge in [0.25, 0.3) is 0 Å². The van der Waals surface area contributed by atoms with Gasteiger partial charge in [-0.15, -0.1) is 0 Å². The minimum atomic E-state index is -0.197. The quantitative estimate of drug-likeness (QED) is 0.712. The van der Waals surface area contributed by atoms with Crippen LogP contribution >= 0.6 is 0 Å². The summed E-state index contributed by atoms with van der Waals surface area (Å²) in [5, 5.41) is 6.07. The number of anilines is 2. The predicted molar refractivity (Wildman–Crippen MR) is 78.4 cm³/mol. The van der Waals surface area contributed by atoms with E-state index >= 15 is 0 Å². The van der Waals surface area contributed by atoms with E-state index in [2.05, 4.69) is 10.6 Å². The highest BCUT2D eigenvalue weighted by Gasteiger charge is 2.12. The van der Waals surface area contributed by atoms with Crippen LogP contribution in [0.5, 0.6) is 5.75 Å². The summed E-state index contributed by atoms with van der Waals surface area (Å²) < 4.78 is 5.13. The molecule has 0 aromatic heterocycles. The molecule has 0 radical (unpaired) electrons. The van der Waals surface area contributed by atoms with Gasteiger partial charge in [0, 0.05) is 42.0 Å². The van der Waals surface area contributed by atoms with Gasteiger partial charge in [0.1, 0.15) is 5.75 Å². The molecule has 106 valence electrons. The van der Waals surface area contributed by atoms with E-state index in [0.29, 0.717) is 24.4 Å². The molecule has 0 spiro atoms. The first-order valence-corrected chi connectivity index (χ1v) is 6.29. The van der Waals surface area contributed by atoms with Crippen LogP contribution in [0.25, 0.3) is 0 Å². The average molecular weight is 265 g/mol. The maximum absolute atomic E-state index is 11.6. The minimum Gasteiger partial charge on any atom is -0.497 e. The van der Waals surface area contributed by atoms with E-state index < -0.39 is 0 Å². The van der Waals surface area contributed by atoms with Crippen LogP contribution in [0, 0.1) is 0 Å². The van der Waals surface area contributed by atoms with E-state index in [0.717, 1.165) is 5.69 Å². The van der Waals surface area contributed by atoms with Crippen molar-refractivity contribution in [3.05, 3.63) is 18.2 Å². The molecule has 1 amide bonds. The Morgan fingerprint density at radius 2 is 2.00 bits per heavy atom. The van der Waals surface area contributed by atoms with Gasteiger partial charge in [0.2, 0.25) is 5.91 Å². The number of amides is 1. The summed E-state index contributed by atoms with van der Waals surface area (Å²) in [6.45, 7) is 6.43. The average Bonchev–Trinajstić information content (AvgIpc) is 2.25. The number of nitrogens with one attached hydrogen (secondary N) is 2. The molecule has 1 aromatic carbocycles. The number of benzene rings is 1. The third kappa shape index (κ3) is 5.99. The summed E-state index contributed by atoms with van der Waals surface area (Å²) in [6.07, 6.45) is 0.411. The van der Waals surface area contributed by atoms with Crippen molar-refractivity contribution >= 4 is 17.3 Å². The molecule has 0 aliphatic carbocycles. The molecule has 0 unspecified atom stereocenters. The molecule has 0 atom stereocenters. The number of methoxy groups -OCH3 is 1. The van der Waals surface area contributed by atoms with Gasteiger partial charge in [-0.05, 0) is 26.8 Å². The van der Waals surface area contributed by atoms with Crippen LogP contribution in [0.4, 0.5) is 11.4 Å². The fourth-order valence-corrected chi connectivity index (χ4v) is 1.64. The fourth-order valence-electron chi connectivity index (χ4n) is 1.64. The highest BCUT2D eigenvalue weighted by atomic mass is 16.5. The summed E-state index contributed by atoms with van der Waals surface area (Å²) in [6, 6.07) is 5.40. The molecule has 0 bridgehead atoms. The zero-order valence-corrected chi connectivity index (χ0v) is 12.0. The van der Waals surface area contributed by atoms with Gasteiger partial charge in [-0.1, -0.05) is 0 Å². The molecule has 0 saturated carbocycles. The van der Waals surface area contributed by atoms with Gasteiger partial charge in [-0.3, -0.25) is 4.79 Å². The van der Waals surface area contributed by atoms with Crippen LogP contribution in [0.1, 0.15) is 27.2 Å². The smallest absolute Gasteiger partial charge is 0.222 e. The summed E-state index contributed by atoms with van der Waals surface area (Å²) in [5.41, 5.74) is 7.03. The van der Waals surface area contributed by atoms with Crippen molar-refractivity contribution in [1.29, 1.82) is 0 Å². The molecule has 4 N–H and O–H groups in total. The third-order valence-corrected chi connectivity index (χ3v) is 2.36. The Labute approximate surface area is 114 Å². The molecule has 0 saturated heterocycles. The molecule has 1 rings (SSSR count). The Hall–Kier alpha value is -1.91. The standard InChI is InChI=1S/C14H23N3O2/c1-14(2,3)17-13(18)5-6-16-11-7-10(15)8-12(9-11)19-4/h7-9,16H,5-6,15H2,1-4H3,(H,17,18). The number of hydrogen-bond donors (Lipinski definition) is 3. The highest BCUT2D eigenvalue weighted by molar-refractivity contribution is 5.77. The zero-order valence-electron chi connectivity index (χ0n) is 12.0. The molecule has 0 aliphatic rings. The predicted octanol–water partition coefficient (Wildman–Crippen LogP) is 1.99. The normalized spacial score (nSPS) is 10.9. The van der Waals surface area contributed by atoms with Gasteiger partial charge in [-0.25, -0.2) is 0 Å². The topological polar surface area (TPSA) is 76.4 Å². The molecule has 5 heteroatoms. The van der Waals surface area contributed by atoms with Crippen molar-refractivity contribution in [2.75, 3.05) is 24.7 Å². The van der Waals surface area contributed by atoms with E-state index in [1.165, 1.54) is 0 Å². The summed E-state index contributed by atoms with van der Waals surface area (Å²) in [5.74, 6) is 0.720. The lowest BCUT2D eigenvalue weighted by atomic mass is 10.1. The number of nitrogen functional groups attached to an aromatic ring is 1. The van der Waals surface area contributed by atoms with Crippen molar-refractivity contribution in [3.63, 3.8) is 0 Å². The molecular formula is C14H23N3O2. The summed E-state index contributed by atoms with van der Waals surface area (Å²) in [7, 11) is 1.59. The maximum Gasteiger partial charge on any atom is 0.222 e. The molecule has 19 heavy (non-hydrogen) atoms. The molecule has 1 aromatic rings. The van der Waals surface area contributed by atoms with Crippen molar-refractivity contribution in [2.24, 2.45) is 0 Å². The van der Waals surface area contributed by atoms with Crippen molar-refractivity contribution in [3.8, 4) is 5.75 Å². The Balaban J connectivity index is 2.45. The van der Waals surface area contributed by atoms with Gasteiger partial charge in [-0.2, -0.15) is 0 Å². The van der Waals surface area contributed by atoms with Crippen LogP contribution in [0.2, 0.25) is 0 Å². The Morgan fingerprint density at radius 3 is 2.58 bits per heavy atom. The van der Waals surface area contributed by atoms with Crippen LogP contribution < -0.4 is 21.1 Å². The number of ether oxygens (including phenoxy) is 1. The lowest BCUT2D eigenvalue weighted by molar-refractivity contribution is -0.122. The zero-order chi connectivity index (χ0) is 14.5. The van der Waals surface area contributed by atoms with E-state index in [1.54, 1.807) is 13.2 Å². The molecule has 0 aliphatic heterocycles. The third-order valence-electron chi connectivity index (χ3n) is 2.36. The second-order valence-electron chi connectivity index (χ2n) is 5.47. The Kier molecular flexibility index (Phi) is 5.03. The van der Waals surface area contributed by atoms with Crippen molar-refractivity contribution in [1.82, 2.24) is 5.32 Å². The summed E-state index contributed by atoms with van der Waals surface area (Å²) in [4.78, 5) is 11.6. The Bertz CT molecular complexity index is 439.